The number of halogens is 1. The molecule has 6 heteroatoms. The van der Waals surface area contributed by atoms with Gasteiger partial charge in [-0.05, 0) is 61.8 Å². The van der Waals surface area contributed by atoms with Crippen molar-refractivity contribution >= 4 is 27.9 Å². The average Bonchev–Trinajstić information content (AvgIpc) is 2.97. The molecule has 1 aromatic rings. The Kier molecular flexibility index (Phi) is 4.21. The zero-order valence-corrected chi connectivity index (χ0v) is 16.0. The summed E-state index contributed by atoms with van der Waals surface area (Å²) in [7, 11) is 1.31. The third-order valence-corrected chi connectivity index (χ3v) is 7.07. The molecule has 0 aliphatic heterocycles. The summed E-state index contributed by atoms with van der Waals surface area (Å²) >= 11 is 3.97. The van der Waals surface area contributed by atoms with Crippen molar-refractivity contribution in [3.63, 3.8) is 0 Å². The predicted octanol–water partition coefficient (Wildman–Crippen LogP) is 4.23. The lowest BCUT2D eigenvalue weighted by atomic mass is 9.49. The zero-order chi connectivity index (χ0) is 17.7. The number of alkyl halides is 1. The van der Waals surface area contributed by atoms with Crippen LogP contribution in [0.5, 0.6) is 0 Å². The summed E-state index contributed by atoms with van der Waals surface area (Å²) in [6.07, 6.45) is 9.02. The number of furan rings is 1. The van der Waals surface area contributed by atoms with Gasteiger partial charge < -0.3 is 13.9 Å². The molecule has 4 aliphatic carbocycles. The fraction of sp³-hybridized carbons (Fsp3) is 0.684. The van der Waals surface area contributed by atoms with Gasteiger partial charge in [0.1, 0.15) is 12.2 Å². The lowest BCUT2D eigenvalue weighted by Crippen LogP contribution is -2.53. The van der Waals surface area contributed by atoms with Gasteiger partial charge in [0.25, 0.3) is 0 Å². The first-order valence-corrected chi connectivity index (χ1v) is 9.69. The maximum atomic E-state index is 12.5. The highest BCUT2D eigenvalue weighted by molar-refractivity contribution is 9.10. The van der Waals surface area contributed by atoms with Gasteiger partial charge in [-0.15, -0.1) is 0 Å². The van der Waals surface area contributed by atoms with E-state index in [2.05, 4.69) is 15.9 Å². The van der Waals surface area contributed by atoms with Crippen LogP contribution >= 0.6 is 15.9 Å². The molecule has 4 saturated carbocycles. The molecule has 136 valence electrons. The highest BCUT2D eigenvalue weighted by Gasteiger charge is 2.57. The quantitative estimate of drug-likeness (QED) is 0.536. The molecule has 4 aliphatic rings. The van der Waals surface area contributed by atoms with E-state index in [9.17, 15) is 9.59 Å². The van der Waals surface area contributed by atoms with E-state index in [1.54, 1.807) is 0 Å². The molecule has 0 saturated heterocycles. The summed E-state index contributed by atoms with van der Waals surface area (Å²) in [6.45, 7) is -0.0291. The summed E-state index contributed by atoms with van der Waals surface area (Å²) in [6, 6.07) is 1.53. The summed E-state index contributed by atoms with van der Waals surface area (Å²) < 4.78 is 15.6. The Labute approximate surface area is 155 Å². The summed E-state index contributed by atoms with van der Waals surface area (Å²) in [4.78, 5) is 24.1. The minimum Gasteiger partial charge on any atom is -0.465 e. The van der Waals surface area contributed by atoms with Crippen LogP contribution in [0.1, 0.15) is 61.1 Å². The van der Waals surface area contributed by atoms with E-state index >= 15 is 0 Å². The molecule has 5 nitrogen and oxygen atoms in total. The second-order valence-electron chi connectivity index (χ2n) is 8.20. The van der Waals surface area contributed by atoms with Crippen LogP contribution in [-0.2, 0) is 20.9 Å². The van der Waals surface area contributed by atoms with E-state index in [1.807, 2.05) is 0 Å². The van der Waals surface area contributed by atoms with Gasteiger partial charge in [0, 0.05) is 4.32 Å². The van der Waals surface area contributed by atoms with E-state index in [4.69, 9.17) is 13.9 Å². The van der Waals surface area contributed by atoms with Crippen LogP contribution in [0.4, 0.5) is 0 Å². The van der Waals surface area contributed by atoms with Crippen molar-refractivity contribution in [1.82, 2.24) is 0 Å². The molecule has 0 amide bonds. The number of carbonyl (C=O) groups excluding carboxylic acids is 2. The van der Waals surface area contributed by atoms with Crippen molar-refractivity contribution in [3.8, 4) is 0 Å². The van der Waals surface area contributed by atoms with E-state index < -0.39 is 5.97 Å². The summed E-state index contributed by atoms with van der Waals surface area (Å²) in [5.41, 5.74) is 0.392. The predicted molar refractivity (Wildman–Crippen MR) is 93.2 cm³/mol. The minimum absolute atomic E-state index is 0.0291. The van der Waals surface area contributed by atoms with Crippen molar-refractivity contribution in [2.45, 2.75) is 55.9 Å². The summed E-state index contributed by atoms with van der Waals surface area (Å²) in [5, 5.41) is 0. The van der Waals surface area contributed by atoms with E-state index in [0.717, 1.165) is 31.1 Å². The van der Waals surface area contributed by atoms with Crippen LogP contribution in [0.15, 0.2) is 16.7 Å². The summed E-state index contributed by atoms with van der Waals surface area (Å²) in [5.74, 6) is 1.13. The minimum atomic E-state index is -0.484. The fourth-order valence-electron chi connectivity index (χ4n) is 5.79. The van der Waals surface area contributed by atoms with Crippen molar-refractivity contribution < 1.29 is 23.5 Å². The van der Waals surface area contributed by atoms with Gasteiger partial charge in [0.05, 0.1) is 19.8 Å². The van der Waals surface area contributed by atoms with E-state index in [1.165, 1.54) is 38.7 Å². The second-order valence-corrected chi connectivity index (χ2v) is 9.88. The monoisotopic (exact) mass is 410 g/mol. The Morgan fingerprint density at radius 2 is 2.00 bits per heavy atom. The Bertz CT molecular complexity index is 680. The van der Waals surface area contributed by atoms with Gasteiger partial charge in [0.2, 0.25) is 0 Å². The number of hydrogen-bond acceptors (Lipinski definition) is 5. The number of rotatable bonds is 5. The van der Waals surface area contributed by atoms with Crippen LogP contribution in [-0.4, -0.2) is 23.4 Å². The normalized spacial score (nSPS) is 35.6. The maximum Gasteiger partial charge on any atom is 0.341 e. The Hall–Kier alpha value is -1.30. The molecule has 1 aromatic heterocycles. The largest absolute Gasteiger partial charge is 0.465 e. The van der Waals surface area contributed by atoms with Crippen molar-refractivity contribution in [2.75, 3.05) is 7.11 Å². The van der Waals surface area contributed by atoms with Gasteiger partial charge in [-0.25, -0.2) is 4.79 Å². The molecule has 0 N–H and O–H groups in total. The molecule has 1 heterocycles. The van der Waals surface area contributed by atoms with Gasteiger partial charge in [-0.1, -0.05) is 15.9 Å². The first-order chi connectivity index (χ1) is 11.9. The Morgan fingerprint density at radius 3 is 2.64 bits per heavy atom. The Balaban J connectivity index is 1.39. The molecule has 0 spiro atoms. The third-order valence-electron chi connectivity index (χ3n) is 6.15. The number of esters is 2. The smallest absolute Gasteiger partial charge is 0.341 e. The van der Waals surface area contributed by atoms with Crippen LogP contribution in [0, 0.1) is 17.3 Å². The third kappa shape index (κ3) is 3.25. The van der Waals surface area contributed by atoms with Gasteiger partial charge in [-0.2, -0.15) is 0 Å². The van der Waals surface area contributed by atoms with Crippen LogP contribution < -0.4 is 0 Å². The highest BCUT2D eigenvalue weighted by atomic mass is 79.9. The molecule has 0 radical (unpaired) electrons. The van der Waals surface area contributed by atoms with Crippen LogP contribution in [0.3, 0.4) is 0 Å². The van der Waals surface area contributed by atoms with Crippen LogP contribution in [0.2, 0.25) is 0 Å². The number of ether oxygens (including phenoxy) is 2. The molecule has 2 atom stereocenters. The van der Waals surface area contributed by atoms with Crippen molar-refractivity contribution in [2.24, 2.45) is 17.3 Å². The lowest BCUT2D eigenvalue weighted by Gasteiger charge is -2.60. The zero-order valence-electron chi connectivity index (χ0n) is 14.4. The van der Waals surface area contributed by atoms with Crippen molar-refractivity contribution in [1.29, 1.82) is 0 Å². The second kappa shape index (κ2) is 6.15. The SMILES string of the molecule is COC(=O)c1ccoc1COC(=O)CC12CC3CC(CC(Br)(C3)C1)C2. The van der Waals surface area contributed by atoms with E-state index in [-0.39, 0.29) is 22.3 Å². The lowest BCUT2D eigenvalue weighted by molar-refractivity contribution is -0.152. The molecule has 25 heavy (non-hydrogen) atoms. The van der Waals surface area contributed by atoms with Gasteiger partial charge >= 0.3 is 11.9 Å². The number of carbonyl (C=O) groups is 2. The van der Waals surface area contributed by atoms with E-state index in [0.29, 0.717) is 17.7 Å². The van der Waals surface area contributed by atoms with Gasteiger partial charge in [-0.3, -0.25) is 4.79 Å². The average molecular weight is 411 g/mol. The van der Waals surface area contributed by atoms with Crippen LogP contribution in [0.25, 0.3) is 0 Å². The van der Waals surface area contributed by atoms with Gasteiger partial charge in [0.15, 0.2) is 5.76 Å². The molecule has 4 bridgehead atoms. The molecule has 4 fully saturated rings. The van der Waals surface area contributed by atoms with Crippen molar-refractivity contribution in [3.05, 3.63) is 23.7 Å². The fourth-order valence-corrected chi connectivity index (χ4v) is 7.30. The molecule has 2 unspecified atom stereocenters. The highest BCUT2D eigenvalue weighted by Crippen LogP contribution is 2.65. The Morgan fingerprint density at radius 1 is 1.28 bits per heavy atom. The molecule has 5 rings (SSSR count). The molecule has 0 aromatic carbocycles. The standard InChI is InChI=1S/C19H23BrO5/c1-23-17(22)14-2-3-24-15(14)10-25-16(21)9-18-5-12-4-13(6-18)8-19(20,7-12)11-18/h2-3,12-13H,4-11H2,1H3. The maximum absolute atomic E-state index is 12.5. The molecular formula is C19H23BrO5. The number of methoxy groups -OCH3 is 1. The number of hydrogen-bond donors (Lipinski definition) is 0. The molecular weight excluding hydrogens is 388 g/mol. The first kappa shape index (κ1) is 17.1. The first-order valence-electron chi connectivity index (χ1n) is 8.90. The topological polar surface area (TPSA) is 65.7 Å².